The molecule has 14 heavy (non-hydrogen) atoms. The zero-order chi connectivity index (χ0) is 10.9. The van der Waals surface area contributed by atoms with Crippen LogP contribution >= 0.6 is 12.6 Å². The fourth-order valence-corrected chi connectivity index (χ4v) is 1.19. The highest BCUT2D eigenvalue weighted by Crippen LogP contribution is 2.37. The van der Waals surface area contributed by atoms with Crippen LogP contribution in [-0.4, -0.2) is 11.3 Å². The molecule has 0 aromatic heterocycles. The monoisotopic (exact) mass is 223 g/mol. The lowest BCUT2D eigenvalue weighted by atomic mass is 10.1. The molecule has 0 bridgehead atoms. The van der Waals surface area contributed by atoms with Crippen LogP contribution in [-0.2, 0) is 0 Å². The van der Waals surface area contributed by atoms with Gasteiger partial charge >= 0.3 is 6.18 Å². The molecular weight excluding hydrogens is 215 g/mol. The molecule has 1 aromatic carbocycles. The molecule has 0 aliphatic carbocycles. The van der Waals surface area contributed by atoms with Gasteiger partial charge < -0.3 is 10.8 Å². The lowest BCUT2D eigenvalue weighted by molar-refractivity contribution is -0.149. The van der Waals surface area contributed by atoms with E-state index < -0.39 is 18.0 Å². The number of benzene rings is 1. The number of nitrogens with two attached hydrogens (primary N) is 1. The van der Waals surface area contributed by atoms with E-state index in [1.807, 2.05) is 0 Å². The van der Waals surface area contributed by atoms with Gasteiger partial charge in [0.2, 0.25) is 0 Å². The van der Waals surface area contributed by atoms with Gasteiger partial charge in [0.1, 0.15) is 11.8 Å². The molecule has 0 heterocycles. The lowest BCUT2D eigenvalue weighted by Crippen LogP contribution is -2.28. The van der Waals surface area contributed by atoms with Crippen LogP contribution in [0.5, 0.6) is 5.75 Å². The number of phenols is 1. The van der Waals surface area contributed by atoms with E-state index in [4.69, 9.17) is 5.73 Å². The van der Waals surface area contributed by atoms with Crippen LogP contribution in [0, 0.1) is 0 Å². The molecule has 2 nitrogen and oxygen atoms in total. The smallest absolute Gasteiger partial charge is 0.407 e. The predicted octanol–water partition coefficient (Wildman–Crippen LogP) is 2.24. The maximum Gasteiger partial charge on any atom is 0.407 e. The maximum atomic E-state index is 12.2. The number of phenolic OH excluding ortho intramolecular Hbond substituents is 1. The summed E-state index contributed by atoms with van der Waals surface area (Å²) in [6, 6.07) is 1.66. The molecule has 0 saturated heterocycles. The second-order valence-electron chi connectivity index (χ2n) is 2.73. The zero-order valence-corrected chi connectivity index (χ0v) is 7.81. The van der Waals surface area contributed by atoms with E-state index in [1.165, 1.54) is 12.1 Å². The molecule has 0 radical (unpaired) electrons. The summed E-state index contributed by atoms with van der Waals surface area (Å²) in [6.07, 6.45) is -4.57. The Kier molecular flexibility index (Phi) is 2.96. The van der Waals surface area contributed by atoms with Gasteiger partial charge in [-0.3, -0.25) is 0 Å². The van der Waals surface area contributed by atoms with Crippen molar-refractivity contribution in [3.05, 3.63) is 23.8 Å². The molecule has 1 unspecified atom stereocenters. The standard InChI is InChI=1S/C8H8F3NOS/c9-8(10,11)7(12)4-2-1-3-5(14)6(4)13/h1-3,7,13-14H,12H2. The summed E-state index contributed by atoms with van der Waals surface area (Å²) in [7, 11) is 0. The third-order valence-electron chi connectivity index (χ3n) is 1.73. The average molecular weight is 223 g/mol. The van der Waals surface area contributed by atoms with E-state index in [-0.39, 0.29) is 10.5 Å². The fourth-order valence-electron chi connectivity index (χ4n) is 0.976. The van der Waals surface area contributed by atoms with E-state index in [0.717, 1.165) is 6.07 Å². The Bertz CT molecular complexity index is 340. The summed E-state index contributed by atoms with van der Waals surface area (Å²) >= 11 is 3.78. The van der Waals surface area contributed by atoms with Crippen LogP contribution < -0.4 is 5.73 Å². The lowest BCUT2D eigenvalue weighted by Gasteiger charge is -2.17. The SMILES string of the molecule is NC(c1cccc(S)c1O)C(F)(F)F. The van der Waals surface area contributed by atoms with E-state index in [2.05, 4.69) is 12.6 Å². The van der Waals surface area contributed by atoms with E-state index in [1.54, 1.807) is 0 Å². The van der Waals surface area contributed by atoms with Crippen LogP contribution in [0.25, 0.3) is 0 Å². The molecule has 0 aliphatic heterocycles. The van der Waals surface area contributed by atoms with Gasteiger partial charge in [-0.2, -0.15) is 13.2 Å². The number of para-hydroxylation sites is 1. The summed E-state index contributed by atoms with van der Waals surface area (Å²) in [5, 5.41) is 9.27. The summed E-state index contributed by atoms with van der Waals surface area (Å²) in [5.41, 5.74) is 4.55. The summed E-state index contributed by atoms with van der Waals surface area (Å²) < 4.78 is 36.6. The Morgan fingerprint density at radius 2 is 1.93 bits per heavy atom. The van der Waals surface area contributed by atoms with Gasteiger partial charge in [0.25, 0.3) is 0 Å². The maximum absolute atomic E-state index is 12.2. The van der Waals surface area contributed by atoms with Crippen molar-refractivity contribution in [2.45, 2.75) is 17.1 Å². The topological polar surface area (TPSA) is 46.2 Å². The summed E-state index contributed by atoms with van der Waals surface area (Å²) in [4.78, 5) is 0.0715. The van der Waals surface area contributed by atoms with Gasteiger partial charge in [0, 0.05) is 10.5 Å². The second-order valence-corrected chi connectivity index (χ2v) is 3.22. The van der Waals surface area contributed by atoms with Crippen molar-refractivity contribution in [1.82, 2.24) is 0 Å². The minimum absolute atomic E-state index is 0.0715. The Morgan fingerprint density at radius 1 is 1.36 bits per heavy atom. The first-order valence-electron chi connectivity index (χ1n) is 3.67. The number of aromatic hydroxyl groups is 1. The molecule has 3 N–H and O–H groups in total. The van der Waals surface area contributed by atoms with Gasteiger partial charge in [-0.1, -0.05) is 12.1 Å². The third kappa shape index (κ3) is 2.13. The first-order chi connectivity index (χ1) is 6.34. The van der Waals surface area contributed by atoms with E-state index in [0.29, 0.717) is 0 Å². The number of alkyl halides is 3. The molecule has 1 aromatic rings. The minimum atomic E-state index is -4.57. The Balaban J connectivity index is 3.14. The van der Waals surface area contributed by atoms with Crippen molar-refractivity contribution in [2.75, 3.05) is 0 Å². The minimum Gasteiger partial charge on any atom is -0.506 e. The van der Waals surface area contributed by atoms with Crippen LogP contribution in [0.15, 0.2) is 23.1 Å². The van der Waals surface area contributed by atoms with Crippen LogP contribution in [0.2, 0.25) is 0 Å². The van der Waals surface area contributed by atoms with Crippen molar-refractivity contribution < 1.29 is 18.3 Å². The highest BCUT2D eigenvalue weighted by Gasteiger charge is 2.39. The number of hydrogen-bond acceptors (Lipinski definition) is 3. The van der Waals surface area contributed by atoms with Gasteiger partial charge in [-0.25, -0.2) is 0 Å². The van der Waals surface area contributed by atoms with Crippen LogP contribution in [0.3, 0.4) is 0 Å². The number of thiol groups is 1. The van der Waals surface area contributed by atoms with E-state index in [9.17, 15) is 18.3 Å². The van der Waals surface area contributed by atoms with Gasteiger partial charge in [-0.05, 0) is 6.07 Å². The highest BCUT2D eigenvalue weighted by molar-refractivity contribution is 7.80. The van der Waals surface area contributed by atoms with Crippen molar-refractivity contribution >= 4 is 12.6 Å². The van der Waals surface area contributed by atoms with E-state index >= 15 is 0 Å². The number of rotatable bonds is 1. The quantitative estimate of drug-likeness (QED) is 0.639. The molecule has 6 heteroatoms. The molecule has 1 rings (SSSR count). The fraction of sp³-hybridized carbons (Fsp3) is 0.250. The summed E-state index contributed by atoms with van der Waals surface area (Å²) in [5.74, 6) is -0.527. The molecule has 0 aliphatic rings. The molecule has 1 atom stereocenters. The third-order valence-corrected chi connectivity index (χ3v) is 2.09. The van der Waals surface area contributed by atoms with Crippen molar-refractivity contribution in [3.63, 3.8) is 0 Å². The Hall–Kier alpha value is -0.880. The Labute approximate surface area is 83.9 Å². The predicted molar refractivity (Wildman–Crippen MR) is 48.3 cm³/mol. The van der Waals surface area contributed by atoms with Crippen molar-refractivity contribution in [1.29, 1.82) is 0 Å². The Morgan fingerprint density at radius 3 is 2.43 bits per heavy atom. The van der Waals surface area contributed by atoms with Crippen LogP contribution in [0.1, 0.15) is 11.6 Å². The van der Waals surface area contributed by atoms with Crippen molar-refractivity contribution in [2.24, 2.45) is 5.73 Å². The van der Waals surface area contributed by atoms with Gasteiger partial charge in [0.15, 0.2) is 0 Å². The molecular formula is C8H8F3NOS. The number of hydrogen-bond donors (Lipinski definition) is 3. The molecule has 0 fully saturated rings. The zero-order valence-electron chi connectivity index (χ0n) is 6.92. The molecule has 0 amide bonds. The normalized spacial score (nSPS) is 14.1. The first-order valence-corrected chi connectivity index (χ1v) is 4.12. The number of halogens is 3. The highest BCUT2D eigenvalue weighted by atomic mass is 32.1. The van der Waals surface area contributed by atoms with Crippen molar-refractivity contribution in [3.8, 4) is 5.75 Å². The summed E-state index contributed by atoms with van der Waals surface area (Å²) in [6.45, 7) is 0. The molecule has 78 valence electrons. The largest absolute Gasteiger partial charge is 0.506 e. The first kappa shape index (κ1) is 11.2. The molecule has 0 saturated carbocycles. The van der Waals surface area contributed by atoms with Gasteiger partial charge in [0.05, 0.1) is 0 Å². The second kappa shape index (κ2) is 3.70. The molecule has 0 spiro atoms. The van der Waals surface area contributed by atoms with Gasteiger partial charge in [-0.15, -0.1) is 12.6 Å². The van der Waals surface area contributed by atoms with Crippen LogP contribution in [0.4, 0.5) is 13.2 Å². The average Bonchev–Trinajstić information content (AvgIpc) is 2.07.